The minimum absolute atomic E-state index is 0.143. The Labute approximate surface area is 139 Å². The fourth-order valence-electron chi connectivity index (χ4n) is 2.95. The van der Waals surface area contributed by atoms with Gasteiger partial charge in [-0.15, -0.1) is 0 Å². The number of hydrogen-bond acceptors (Lipinski definition) is 3. The van der Waals surface area contributed by atoms with Crippen molar-refractivity contribution in [1.82, 2.24) is 4.98 Å². The molecule has 2 heterocycles. The number of amides is 1. The maximum atomic E-state index is 12.5. The zero-order valence-corrected chi connectivity index (χ0v) is 13.6. The van der Waals surface area contributed by atoms with Crippen molar-refractivity contribution in [3.63, 3.8) is 0 Å². The van der Waals surface area contributed by atoms with Crippen molar-refractivity contribution < 1.29 is 13.6 Å². The number of benzene rings is 1. The second kappa shape index (κ2) is 6.55. The second-order valence-electron chi connectivity index (χ2n) is 5.95. The molecule has 2 N–H and O–H groups in total. The van der Waals surface area contributed by atoms with Gasteiger partial charge >= 0.3 is 6.43 Å². The molecule has 1 amide bonds. The minimum atomic E-state index is -3.07. The van der Waals surface area contributed by atoms with E-state index in [2.05, 4.69) is 15.6 Å². The SMILES string of the molecule is Cc1cccc(-c2nc(NC(=O)C(F)F)cc3c2CCCN3)c1C. The molecule has 126 valence electrons. The molecule has 0 saturated carbocycles. The largest absolute Gasteiger partial charge is 0.385 e. The molecule has 0 saturated heterocycles. The van der Waals surface area contributed by atoms with Crippen LogP contribution in [-0.2, 0) is 11.2 Å². The van der Waals surface area contributed by atoms with Crippen LogP contribution in [0.2, 0.25) is 0 Å². The zero-order valence-electron chi connectivity index (χ0n) is 13.6. The number of nitrogens with one attached hydrogen (secondary N) is 2. The van der Waals surface area contributed by atoms with Crippen molar-refractivity contribution in [2.45, 2.75) is 33.1 Å². The number of hydrogen-bond donors (Lipinski definition) is 2. The van der Waals surface area contributed by atoms with Gasteiger partial charge in [-0.05, 0) is 37.8 Å². The first-order chi connectivity index (χ1) is 11.5. The molecule has 0 atom stereocenters. The fourth-order valence-corrected chi connectivity index (χ4v) is 2.95. The van der Waals surface area contributed by atoms with E-state index in [1.54, 1.807) is 6.07 Å². The van der Waals surface area contributed by atoms with Gasteiger partial charge in [0.25, 0.3) is 5.91 Å². The highest BCUT2D eigenvalue weighted by Gasteiger charge is 2.21. The topological polar surface area (TPSA) is 54.0 Å². The van der Waals surface area contributed by atoms with E-state index in [0.29, 0.717) is 0 Å². The summed E-state index contributed by atoms with van der Waals surface area (Å²) in [6.07, 6.45) is -1.23. The van der Waals surface area contributed by atoms with Crippen molar-refractivity contribution in [2.75, 3.05) is 17.2 Å². The molecule has 0 bridgehead atoms. The molecule has 1 aromatic heterocycles. The van der Waals surface area contributed by atoms with Gasteiger partial charge in [-0.3, -0.25) is 4.79 Å². The van der Waals surface area contributed by atoms with E-state index in [1.807, 2.05) is 32.0 Å². The maximum Gasteiger partial charge on any atom is 0.315 e. The number of rotatable bonds is 3. The summed E-state index contributed by atoms with van der Waals surface area (Å²) >= 11 is 0. The molecule has 4 nitrogen and oxygen atoms in total. The third-order valence-electron chi connectivity index (χ3n) is 4.35. The van der Waals surface area contributed by atoms with E-state index in [1.165, 1.54) is 0 Å². The Kier molecular flexibility index (Phi) is 4.46. The Morgan fingerprint density at radius 2 is 2.12 bits per heavy atom. The van der Waals surface area contributed by atoms with E-state index in [9.17, 15) is 13.6 Å². The molecule has 0 unspecified atom stereocenters. The summed E-state index contributed by atoms with van der Waals surface area (Å²) in [6.45, 7) is 4.84. The number of carbonyl (C=O) groups excluding carboxylic acids is 1. The van der Waals surface area contributed by atoms with Crippen LogP contribution in [0.5, 0.6) is 0 Å². The normalized spacial score (nSPS) is 13.4. The van der Waals surface area contributed by atoms with Gasteiger partial charge < -0.3 is 10.6 Å². The lowest BCUT2D eigenvalue weighted by Gasteiger charge is -2.23. The van der Waals surface area contributed by atoms with Crippen LogP contribution in [0.15, 0.2) is 24.3 Å². The third kappa shape index (κ3) is 3.09. The first-order valence-electron chi connectivity index (χ1n) is 7.90. The van der Waals surface area contributed by atoms with Crippen molar-refractivity contribution in [3.05, 3.63) is 41.0 Å². The molecular formula is C18H19F2N3O. The van der Waals surface area contributed by atoms with Gasteiger partial charge in [0.1, 0.15) is 5.82 Å². The molecule has 1 aromatic carbocycles. The summed E-state index contributed by atoms with van der Waals surface area (Å²) in [4.78, 5) is 15.8. The molecule has 6 heteroatoms. The van der Waals surface area contributed by atoms with Gasteiger partial charge in [-0.2, -0.15) is 8.78 Å². The predicted molar refractivity (Wildman–Crippen MR) is 90.6 cm³/mol. The number of aromatic nitrogens is 1. The van der Waals surface area contributed by atoms with E-state index in [4.69, 9.17) is 0 Å². The van der Waals surface area contributed by atoms with Crippen LogP contribution in [0.25, 0.3) is 11.3 Å². The molecule has 24 heavy (non-hydrogen) atoms. The van der Waals surface area contributed by atoms with Crippen LogP contribution >= 0.6 is 0 Å². The van der Waals surface area contributed by atoms with Gasteiger partial charge in [0.2, 0.25) is 0 Å². The fraction of sp³-hybridized carbons (Fsp3) is 0.333. The summed E-state index contributed by atoms with van der Waals surface area (Å²) in [7, 11) is 0. The molecular weight excluding hydrogens is 312 g/mol. The number of fused-ring (bicyclic) bond motifs is 1. The van der Waals surface area contributed by atoms with Crippen molar-refractivity contribution in [1.29, 1.82) is 0 Å². The molecule has 0 spiro atoms. The smallest absolute Gasteiger partial charge is 0.315 e. The van der Waals surface area contributed by atoms with Gasteiger partial charge in [0.15, 0.2) is 0 Å². The monoisotopic (exact) mass is 331 g/mol. The van der Waals surface area contributed by atoms with Crippen molar-refractivity contribution >= 4 is 17.4 Å². The van der Waals surface area contributed by atoms with Crippen molar-refractivity contribution in [3.8, 4) is 11.3 Å². The number of halogens is 2. The van der Waals surface area contributed by atoms with Gasteiger partial charge in [-0.25, -0.2) is 4.98 Å². The van der Waals surface area contributed by atoms with E-state index >= 15 is 0 Å². The quantitative estimate of drug-likeness (QED) is 0.896. The standard InChI is InChI=1S/C18H19F2N3O/c1-10-5-3-6-12(11(10)2)16-13-7-4-8-21-14(13)9-15(22-16)23-18(24)17(19)20/h3,5-6,9,17,21H,4,7-8H2,1-2H3,(H,22,23,24). The number of aryl methyl sites for hydroxylation is 1. The van der Waals surface area contributed by atoms with Crippen LogP contribution in [0.4, 0.5) is 20.3 Å². The zero-order chi connectivity index (χ0) is 17.3. The Morgan fingerprint density at radius 1 is 1.33 bits per heavy atom. The molecule has 2 aromatic rings. The van der Waals surface area contributed by atoms with E-state index < -0.39 is 12.3 Å². The van der Waals surface area contributed by atoms with E-state index in [0.717, 1.165) is 53.0 Å². The molecule has 0 fully saturated rings. The molecule has 1 aliphatic heterocycles. The van der Waals surface area contributed by atoms with Gasteiger partial charge in [0, 0.05) is 29.4 Å². The highest BCUT2D eigenvalue weighted by Crippen LogP contribution is 2.35. The second-order valence-corrected chi connectivity index (χ2v) is 5.95. The average Bonchev–Trinajstić information content (AvgIpc) is 2.56. The Bertz CT molecular complexity index is 790. The summed E-state index contributed by atoms with van der Waals surface area (Å²) in [5.74, 6) is -1.20. The van der Waals surface area contributed by atoms with Crippen LogP contribution in [0, 0.1) is 13.8 Å². The van der Waals surface area contributed by atoms with Crippen LogP contribution < -0.4 is 10.6 Å². The Hall–Kier alpha value is -2.50. The highest BCUT2D eigenvalue weighted by molar-refractivity contribution is 5.93. The lowest BCUT2D eigenvalue weighted by molar-refractivity contribution is -0.126. The van der Waals surface area contributed by atoms with Crippen LogP contribution in [-0.4, -0.2) is 23.9 Å². The number of anilines is 2. The Morgan fingerprint density at radius 3 is 2.88 bits per heavy atom. The van der Waals surface area contributed by atoms with Gasteiger partial charge in [0.05, 0.1) is 5.69 Å². The van der Waals surface area contributed by atoms with Crippen LogP contribution in [0.3, 0.4) is 0 Å². The first-order valence-corrected chi connectivity index (χ1v) is 7.90. The maximum absolute atomic E-state index is 12.5. The summed E-state index contributed by atoms with van der Waals surface area (Å²) in [5, 5.41) is 5.47. The summed E-state index contributed by atoms with van der Waals surface area (Å²) < 4.78 is 25.1. The first kappa shape index (κ1) is 16.4. The minimum Gasteiger partial charge on any atom is -0.385 e. The lowest BCUT2D eigenvalue weighted by atomic mass is 9.93. The summed E-state index contributed by atoms with van der Waals surface area (Å²) in [5.41, 5.74) is 5.83. The highest BCUT2D eigenvalue weighted by atomic mass is 19.3. The predicted octanol–water partition coefficient (Wildman–Crippen LogP) is 3.93. The average molecular weight is 331 g/mol. The number of alkyl halides is 2. The molecule has 0 radical (unpaired) electrons. The number of nitrogens with zero attached hydrogens (tertiary/aromatic N) is 1. The van der Waals surface area contributed by atoms with Crippen molar-refractivity contribution in [2.24, 2.45) is 0 Å². The lowest BCUT2D eigenvalue weighted by Crippen LogP contribution is -2.22. The molecule has 0 aliphatic carbocycles. The number of carbonyl (C=O) groups is 1. The Balaban J connectivity index is 2.13. The number of pyridine rings is 1. The molecule has 1 aliphatic rings. The third-order valence-corrected chi connectivity index (χ3v) is 4.35. The summed E-state index contributed by atoms with van der Waals surface area (Å²) in [6, 6.07) is 7.57. The van der Waals surface area contributed by atoms with Crippen LogP contribution in [0.1, 0.15) is 23.1 Å². The molecule has 3 rings (SSSR count). The van der Waals surface area contributed by atoms with Gasteiger partial charge in [-0.1, -0.05) is 18.2 Å². The van der Waals surface area contributed by atoms with E-state index in [-0.39, 0.29) is 5.82 Å².